The van der Waals surface area contributed by atoms with Crippen LogP contribution in [0.25, 0.3) is 11.4 Å². The van der Waals surface area contributed by atoms with Gasteiger partial charge < -0.3 is 19.0 Å². The molecule has 4 heterocycles. The number of benzene rings is 1. The average Bonchev–Trinajstić information content (AvgIpc) is 3.55. The topological polar surface area (TPSA) is 123 Å². The summed E-state index contributed by atoms with van der Waals surface area (Å²) in [5.41, 5.74) is 3.09. The summed E-state index contributed by atoms with van der Waals surface area (Å²) in [4.78, 5) is 49.6. The number of aromatic nitrogens is 3. The van der Waals surface area contributed by atoms with E-state index in [1.807, 2.05) is 29.7 Å². The second-order valence-corrected chi connectivity index (χ2v) is 9.75. The second-order valence-electron chi connectivity index (χ2n) is 8.78. The second kappa shape index (κ2) is 9.42. The number of carbonyl (C=O) groups excluding carboxylic acids is 3. The minimum absolute atomic E-state index is 0.128. The van der Waals surface area contributed by atoms with Crippen LogP contribution in [-0.4, -0.2) is 51.4 Å². The zero-order valence-corrected chi connectivity index (χ0v) is 22.1. The summed E-state index contributed by atoms with van der Waals surface area (Å²) in [5.74, 6) is -2.18. The van der Waals surface area contributed by atoms with E-state index in [1.165, 1.54) is 19.1 Å². The maximum Gasteiger partial charge on any atom is 0.350 e. The van der Waals surface area contributed by atoms with Crippen molar-refractivity contribution in [2.24, 2.45) is 0 Å². The van der Waals surface area contributed by atoms with Crippen molar-refractivity contribution in [3.63, 3.8) is 0 Å². The summed E-state index contributed by atoms with van der Waals surface area (Å²) < 4.78 is 11.9. The zero-order chi connectivity index (χ0) is 27.3. The van der Waals surface area contributed by atoms with E-state index in [9.17, 15) is 19.5 Å². The highest BCUT2D eigenvalue weighted by Gasteiger charge is 2.49. The van der Waals surface area contributed by atoms with Crippen molar-refractivity contribution in [1.82, 2.24) is 14.4 Å². The highest BCUT2D eigenvalue weighted by atomic mass is 32.1. The highest BCUT2D eigenvalue weighted by Crippen LogP contribution is 2.44. The first-order valence-corrected chi connectivity index (χ1v) is 12.4. The van der Waals surface area contributed by atoms with Crippen molar-refractivity contribution >= 4 is 45.5 Å². The number of nitrogens with zero attached hydrogens (tertiary/aromatic N) is 4. The van der Waals surface area contributed by atoms with E-state index in [-0.39, 0.29) is 21.3 Å². The third-order valence-corrected chi connectivity index (χ3v) is 7.68. The number of Topliss-reactive ketones (excluding diaryl/α,β-unsaturated/α-hetero) is 1. The SMILES string of the molecule is COC(=O)c1sc(N2C(=O)C(=O)/C(=C(/O)c3nc4c(C)cccn4c3C)C2c2ccc(OC)cc2)nc1C. The molecule has 10 nitrogen and oxygen atoms in total. The predicted molar refractivity (Wildman–Crippen MR) is 141 cm³/mol. The van der Waals surface area contributed by atoms with E-state index in [0.717, 1.165) is 16.9 Å². The Hall–Kier alpha value is -4.51. The van der Waals surface area contributed by atoms with Crippen LogP contribution < -0.4 is 9.64 Å². The number of imidazole rings is 1. The number of hydrogen-bond acceptors (Lipinski definition) is 9. The first-order chi connectivity index (χ1) is 18.2. The molecule has 194 valence electrons. The van der Waals surface area contributed by atoms with E-state index < -0.39 is 29.5 Å². The van der Waals surface area contributed by atoms with E-state index in [2.05, 4.69) is 9.97 Å². The lowest BCUT2D eigenvalue weighted by molar-refractivity contribution is -0.132. The Morgan fingerprint density at radius 1 is 1.05 bits per heavy atom. The minimum atomic E-state index is -1.03. The van der Waals surface area contributed by atoms with Crippen LogP contribution in [0.3, 0.4) is 0 Å². The lowest BCUT2D eigenvalue weighted by Crippen LogP contribution is -2.29. The highest BCUT2D eigenvalue weighted by molar-refractivity contribution is 7.17. The Morgan fingerprint density at radius 3 is 2.39 bits per heavy atom. The molecular weight excluding hydrogens is 508 g/mol. The van der Waals surface area contributed by atoms with Crippen LogP contribution in [0.5, 0.6) is 5.75 Å². The van der Waals surface area contributed by atoms with Gasteiger partial charge in [0.25, 0.3) is 5.78 Å². The molecule has 1 fully saturated rings. The monoisotopic (exact) mass is 532 g/mol. The molecule has 1 saturated heterocycles. The number of aliphatic hydroxyl groups excluding tert-OH is 1. The number of ketones is 1. The lowest BCUT2D eigenvalue weighted by Gasteiger charge is -2.23. The molecule has 0 bridgehead atoms. The van der Waals surface area contributed by atoms with Gasteiger partial charge in [0.2, 0.25) is 0 Å². The molecule has 4 aromatic rings. The van der Waals surface area contributed by atoms with Crippen molar-refractivity contribution in [3.8, 4) is 5.75 Å². The first kappa shape index (κ1) is 25.2. The summed E-state index contributed by atoms with van der Waals surface area (Å²) in [6, 6.07) is 9.54. The molecule has 38 heavy (non-hydrogen) atoms. The molecule has 1 aromatic carbocycles. The number of aliphatic hydroxyl groups is 1. The molecule has 1 aliphatic heterocycles. The lowest BCUT2D eigenvalue weighted by atomic mass is 9.96. The third-order valence-electron chi connectivity index (χ3n) is 6.55. The van der Waals surface area contributed by atoms with Gasteiger partial charge >= 0.3 is 11.9 Å². The van der Waals surface area contributed by atoms with Gasteiger partial charge in [0.1, 0.15) is 22.0 Å². The standard InChI is InChI=1S/C27H24N4O6S/c1-13-7-6-12-30-15(3)19(29-24(13)30)21(32)18-20(16-8-10-17(36-4)11-9-16)31(25(34)22(18)33)27-28-14(2)23(38-27)26(35)37-5/h6-12,20,32H,1-5H3/b21-18+. The summed E-state index contributed by atoms with van der Waals surface area (Å²) in [6.07, 6.45) is 1.81. The largest absolute Gasteiger partial charge is 0.505 e. The normalized spacial score (nSPS) is 16.9. The van der Waals surface area contributed by atoms with Crippen LogP contribution in [0.4, 0.5) is 5.13 Å². The number of esters is 1. The van der Waals surface area contributed by atoms with E-state index >= 15 is 0 Å². The molecule has 1 amide bonds. The van der Waals surface area contributed by atoms with Crippen LogP contribution >= 0.6 is 11.3 Å². The molecule has 0 saturated carbocycles. The van der Waals surface area contributed by atoms with Crippen molar-refractivity contribution in [3.05, 3.63) is 81.3 Å². The molecule has 3 aromatic heterocycles. The van der Waals surface area contributed by atoms with Crippen molar-refractivity contribution < 1.29 is 29.0 Å². The maximum atomic E-state index is 13.5. The van der Waals surface area contributed by atoms with Gasteiger partial charge in [-0.1, -0.05) is 29.5 Å². The van der Waals surface area contributed by atoms with Crippen LogP contribution in [-0.2, 0) is 14.3 Å². The number of pyridine rings is 1. The van der Waals surface area contributed by atoms with E-state index in [0.29, 0.717) is 28.3 Å². The number of aryl methyl sites for hydroxylation is 3. The molecule has 0 radical (unpaired) electrons. The van der Waals surface area contributed by atoms with Gasteiger partial charge in [0.05, 0.1) is 37.2 Å². The molecular formula is C27H24N4O6S. The van der Waals surface area contributed by atoms with E-state index in [4.69, 9.17) is 9.47 Å². The Kier molecular flexibility index (Phi) is 6.23. The Labute approximate surface area is 221 Å². The quantitative estimate of drug-likeness (QED) is 0.176. The molecule has 1 atom stereocenters. The third kappa shape index (κ3) is 3.82. The Bertz CT molecular complexity index is 1650. The summed E-state index contributed by atoms with van der Waals surface area (Å²) >= 11 is 0.938. The van der Waals surface area contributed by atoms with Crippen LogP contribution in [0.2, 0.25) is 0 Å². The number of hydrogen-bond donors (Lipinski definition) is 1. The van der Waals surface area contributed by atoms with Crippen molar-refractivity contribution in [2.45, 2.75) is 26.8 Å². The fourth-order valence-corrected chi connectivity index (χ4v) is 5.58. The van der Waals surface area contributed by atoms with Gasteiger partial charge in [-0.25, -0.2) is 14.8 Å². The fraction of sp³-hybridized carbons (Fsp3) is 0.222. The number of thiazole rings is 1. The molecule has 11 heteroatoms. The number of anilines is 1. The smallest absolute Gasteiger partial charge is 0.350 e. The molecule has 0 aliphatic carbocycles. The summed E-state index contributed by atoms with van der Waals surface area (Å²) in [7, 11) is 2.78. The number of rotatable bonds is 5. The van der Waals surface area contributed by atoms with Crippen LogP contribution in [0.15, 0.2) is 48.2 Å². The molecule has 1 unspecified atom stereocenters. The van der Waals surface area contributed by atoms with Crippen molar-refractivity contribution in [1.29, 1.82) is 0 Å². The number of ether oxygens (including phenoxy) is 2. The van der Waals surface area contributed by atoms with Gasteiger partial charge in [-0.2, -0.15) is 0 Å². The predicted octanol–water partition coefficient (Wildman–Crippen LogP) is 4.14. The molecule has 0 spiro atoms. The minimum Gasteiger partial charge on any atom is -0.505 e. The van der Waals surface area contributed by atoms with E-state index in [1.54, 1.807) is 38.1 Å². The Balaban J connectivity index is 1.75. The molecule has 5 rings (SSSR count). The molecule has 1 aliphatic rings. The summed E-state index contributed by atoms with van der Waals surface area (Å²) in [5, 5.41) is 11.7. The fourth-order valence-electron chi connectivity index (χ4n) is 4.57. The van der Waals surface area contributed by atoms with Crippen LogP contribution in [0, 0.1) is 20.8 Å². The number of carbonyl (C=O) groups is 3. The van der Waals surface area contributed by atoms with Gasteiger partial charge in [-0.05, 0) is 50.1 Å². The zero-order valence-electron chi connectivity index (χ0n) is 21.3. The average molecular weight is 533 g/mol. The van der Waals surface area contributed by atoms with Crippen molar-refractivity contribution in [2.75, 3.05) is 19.1 Å². The summed E-state index contributed by atoms with van der Waals surface area (Å²) in [6.45, 7) is 5.29. The number of amides is 1. The van der Waals surface area contributed by atoms with Gasteiger partial charge in [-0.3, -0.25) is 14.5 Å². The maximum absolute atomic E-state index is 13.5. The first-order valence-electron chi connectivity index (χ1n) is 11.6. The molecule has 1 N–H and O–H groups in total. The van der Waals surface area contributed by atoms with Crippen LogP contribution in [0.1, 0.15) is 43.9 Å². The van der Waals surface area contributed by atoms with Gasteiger partial charge in [0.15, 0.2) is 10.9 Å². The number of methoxy groups -OCH3 is 2. The Morgan fingerprint density at radius 2 is 1.76 bits per heavy atom. The van der Waals surface area contributed by atoms with Gasteiger partial charge in [-0.15, -0.1) is 0 Å². The number of fused-ring (bicyclic) bond motifs is 1. The van der Waals surface area contributed by atoms with Gasteiger partial charge in [0, 0.05) is 6.20 Å².